The molecule has 4 aliphatic rings. The van der Waals surface area contributed by atoms with Crippen molar-refractivity contribution in [3.63, 3.8) is 0 Å². The molecule has 7 heteroatoms. The minimum Gasteiger partial charge on any atom is -0.301 e. The number of rotatable bonds is 3. The van der Waals surface area contributed by atoms with Crippen LogP contribution in [0.3, 0.4) is 0 Å². The second kappa shape index (κ2) is 6.88. The fourth-order valence-electron chi connectivity index (χ4n) is 7.20. The number of nitrogens with two attached hydrogens (primary N) is 1. The first-order chi connectivity index (χ1) is 13.1. The number of phosphoric acid groups is 1. The number of allylic oxidation sites excluding steroid dienone is 2. The van der Waals surface area contributed by atoms with Crippen molar-refractivity contribution in [2.75, 3.05) is 0 Å². The molecule has 3 N–H and O–H groups in total. The number of hydrogen-bond donors (Lipinski definition) is 2. The van der Waals surface area contributed by atoms with Gasteiger partial charge in [-0.15, -0.1) is 0 Å². The summed E-state index contributed by atoms with van der Waals surface area (Å²) < 4.78 is 21.7. The van der Waals surface area contributed by atoms with Crippen LogP contribution in [0.15, 0.2) is 23.3 Å². The first-order valence-electron chi connectivity index (χ1n) is 10.4. The average molecular weight is 409 g/mol. The summed E-state index contributed by atoms with van der Waals surface area (Å²) in [5.41, 5.74) is 2.53. The molecule has 0 aromatic rings. The fourth-order valence-corrected chi connectivity index (χ4v) is 7.77. The molecule has 28 heavy (non-hydrogen) atoms. The molecule has 4 rings (SSSR count). The molecule has 0 heterocycles. The molecule has 0 amide bonds. The van der Waals surface area contributed by atoms with Crippen molar-refractivity contribution < 1.29 is 23.4 Å². The van der Waals surface area contributed by atoms with E-state index >= 15 is 0 Å². The molecule has 0 bridgehead atoms. The number of carbonyl (C=O) groups is 1. The van der Waals surface area contributed by atoms with Crippen molar-refractivity contribution >= 4 is 13.6 Å². The molecule has 4 aliphatic carbocycles. The predicted molar refractivity (Wildman–Crippen MR) is 106 cm³/mol. The van der Waals surface area contributed by atoms with Gasteiger partial charge in [-0.3, -0.25) is 9.32 Å². The van der Waals surface area contributed by atoms with E-state index in [0.29, 0.717) is 24.2 Å². The van der Waals surface area contributed by atoms with Gasteiger partial charge in [0, 0.05) is 6.42 Å². The second-order valence-electron chi connectivity index (χ2n) is 9.57. The molecule has 3 fully saturated rings. The van der Waals surface area contributed by atoms with E-state index in [4.69, 9.17) is 10.4 Å². The SMILES string of the molecule is C/C=C1\C(OP(=O)(O)ON)CC2C3CCC4=CC(=O)CC[C@]4(C)C3CC[C@]12C. The van der Waals surface area contributed by atoms with E-state index in [-0.39, 0.29) is 16.6 Å². The van der Waals surface area contributed by atoms with E-state index in [1.54, 1.807) is 0 Å². The standard InChI is InChI=1S/C21H32NO5P/c1-4-16-19(26-28(24,25)27-22)12-18-15-6-5-13-11-14(23)7-9-20(13,2)17(15)8-10-21(16,18)3/h4,11,15,17-19H,5-10,12,22H2,1-3H3,(H,24,25)/b16-4+/t15?,17?,18?,19?,20-,21+/m0/s1. The molecule has 0 spiro atoms. The highest BCUT2D eigenvalue weighted by Gasteiger charge is 2.60. The molecule has 6 nitrogen and oxygen atoms in total. The minimum atomic E-state index is -4.25. The molecule has 0 aromatic heterocycles. The predicted octanol–water partition coefficient (Wildman–Crippen LogP) is 4.45. The zero-order chi connectivity index (χ0) is 20.3. The second-order valence-corrected chi connectivity index (χ2v) is 10.9. The Morgan fingerprint density at radius 3 is 2.64 bits per heavy atom. The van der Waals surface area contributed by atoms with Crippen molar-refractivity contribution in [3.8, 4) is 0 Å². The zero-order valence-corrected chi connectivity index (χ0v) is 17.9. The van der Waals surface area contributed by atoms with Gasteiger partial charge in [-0.25, -0.2) is 15.1 Å². The van der Waals surface area contributed by atoms with Gasteiger partial charge in [0.05, 0.1) is 6.10 Å². The lowest BCUT2D eigenvalue weighted by Crippen LogP contribution is -2.49. The lowest BCUT2D eigenvalue weighted by molar-refractivity contribution is -0.117. The Bertz CT molecular complexity index is 792. The van der Waals surface area contributed by atoms with Gasteiger partial charge in [0.2, 0.25) is 0 Å². The lowest BCUT2D eigenvalue weighted by Gasteiger charge is -2.57. The Hall–Kier alpha value is -0.780. The van der Waals surface area contributed by atoms with Crippen LogP contribution in [0.4, 0.5) is 0 Å². The van der Waals surface area contributed by atoms with Gasteiger partial charge in [0.25, 0.3) is 0 Å². The number of hydrogen-bond acceptors (Lipinski definition) is 5. The molecular formula is C21H32NO5P. The molecule has 0 aromatic carbocycles. The van der Waals surface area contributed by atoms with Gasteiger partial charge in [-0.2, -0.15) is 0 Å². The number of carbonyl (C=O) groups excluding carboxylic acids is 1. The first-order valence-corrected chi connectivity index (χ1v) is 11.9. The Labute approximate surface area is 167 Å². The van der Waals surface area contributed by atoms with Crippen molar-refractivity contribution in [3.05, 3.63) is 23.3 Å². The highest BCUT2D eigenvalue weighted by molar-refractivity contribution is 7.47. The molecule has 3 saturated carbocycles. The summed E-state index contributed by atoms with van der Waals surface area (Å²) in [5.74, 6) is 6.74. The summed E-state index contributed by atoms with van der Waals surface area (Å²) in [5, 5.41) is 0. The van der Waals surface area contributed by atoms with Gasteiger partial charge in [0.1, 0.15) is 0 Å². The van der Waals surface area contributed by atoms with Gasteiger partial charge in [-0.1, -0.05) is 25.5 Å². The number of ketones is 1. The molecule has 156 valence electrons. The summed E-state index contributed by atoms with van der Waals surface area (Å²) >= 11 is 0. The summed E-state index contributed by atoms with van der Waals surface area (Å²) in [6.45, 7) is 6.62. The minimum absolute atomic E-state index is 0.0305. The van der Waals surface area contributed by atoms with Gasteiger partial charge < -0.3 is 4.89 Å². The van der Waals surface area contributed by atoms with Gasteiger partial charge >= 0.3 is 7.82 Å². The monoisotopic (exact) mass is 409 g/mol. The van der Waals surface area contributed by atoms with Crippen LogP contribution >= 0.6 is 7.82 Å². The van der Waals surface area contributed by atoms with Crippen molar-refractivity contribution in [1.82, 2.24) is 0 Å². The van der Waals surface area contributed by atoms with Crippen LogP contribution in [0.5, 0.6) is 0 Å². The van der Waals surface area contributed by atoms with Crippen molar-refractivity contribution in [2.45, 2.75) is 71.8 Å². The Kier molecular flexibility index (Phi) is 5.04. The topological polar surface area (TPSA) is 98.8 Å². The summed E-state index contributed by atoms with van der Waals surface area (Å²) in [6.07, 6.45) is 10.1. The molecule has 0 radical (unpaired) electrons. The third kappa shape index (κ3) is 3.00. The van der Waals surface area contributed by atoms with E-state index in [1.807, 2.05) is 13.0 Å². The maximum Gasteiger partial charge on any atom is 0.489 e. The Morgan fingerprint density at radius 1 is 1.21 bits per heavy atom. The zero-order valence-electron chi connectivity index (χ0n) is 17.0. The Balaban J connectivity index is 1.66. The van der Waals surface area contributed by atoms with Crippen LogP contribution in [-0.4, -0.2) is 16.8 Å². The first kappa shape index (κ1) is 20.5. The quantitative estimate of drug-likeness (QED) is 0.406. The van der Waals surface area contributed by atoms with E-state index < -0.39 is 13.9 Å². The number of fused-ring (bicyclic) bond motifs is 5. The highest BCUT2D eigenvalue weighted by atomic mass is 31.2. The van der Waals surface area contributed by atoms with Crippen LogP contribution in [0.2, 0.25) is 0 Å². The van der Waals surface area contributed by atoms with E-state index in [9.17, 15) is 14.3 Å². The van der Waals surface area contributed by atoms with Crippen molar-refractivity contribution in [1.29, 1.82) is 0 Å². The third-order valence-electron chi connectivity index (χ3n) is 8.53. The largest absolute Gasteiger partial charge is 0.489 e. The average Bonchev–Trinajstić information content (AvgIpc) is 2.92. The van der Waals surface area contributed by atoms with Crippen LogP contribution in [-0.2, 0) is 18.5 Å². The lowest BCUT2D eigenvalue weighted by atomic mass is 9.47. The summed E-state index contributed by atoms with van der Waals surface area (Å²) in [6, 6.07) is 0. The van der Waals surface area contributed by atoms with Gasteiger partial charge in [-0.05, 0) is 85.7 Å². The smallest absolute Gasteiger partial charge is 0.301 e. The van der Waals surface area contributed by atoms with Crippen LogP contribution < -0.4 is 5.90 Å². The normalized spacial score (nSPS) is 46.4. The van der Waals surface area contributed by atoms with Crippen LogP contribution in [0.25, 0.3) is 0 Å². The summed E-state index contributed by atoms with van der Waals surface area (Å²) in [7, 11) is -4.25. The van der Waals surface area contributed by atoms with E-state index in [0.717, 1.165) is 44.1 Å². The van der Waals surface area contributed by atoms with Gasteiger partial charge in [0.15, 0.2) is 5.78 Å². The fraction of sp³-hybridized carbons (Fsp3) is 0.762. The summed E-state index contributed by atoms with van der Waals surface area (Å²) in [4.78, 5) is 21.8. The third-order valence-corrected chi connectivity index (χ3v) is 9.32. The molecule has 0 saturated heterocycles. The van der Waals surface area contributed by atoms with Crippen molar-refractivity contribution in [2.24, 2.45) is 34.5 Å². The Morgan fingerprint density at radius 2 is 1.96 bits per heavy atom. The molecule has 0 aliphatic heterocycles. The molecule has 5 unspecified atom stereocenters. The maximum atomic E-state index is 12.0. The maximum absolute atomic E-state index is 12.0. The number of phosphoric ester groups is 1. The molecular weight excluding hydrogens is 377 g/mol. The van der Waals surface area contributed by atoms with E-state index in [2.05, 4.69) is 24.5 Å². The van der Waals surface area contributed by atoms with Crippen LogP contribution in [0, 0.1) is 28.6 Å². The van der Waals surface area contributed by atoms with E-state index in [1.165, 1.54) is 5.57 Å². The molecule has 7 atom stereocenters. The highest BCUT2D eigenvalue weighted by Crippen LogP contribution is 2.67. The van der Waals surface area contributed by atoms with Crippen LogP contribution in [0.1, 0.15) is 65.7 Å².